The van der Waals surface area contributed by atoms with Crippen molar-refractivity contribution in [3.05, 3.63) is 69.3 Å². The van der Waals surface area contributed by atoms with Gasteiger partial charge in [0.2, 0.25) is 0 Å². The lowest BCUT2D eigenvalue weighted by Crippen LogP contribution is -2.44. The molecule has 0 saturated carbocycles. The van der Waals surface area contributed by atoms with Crippen molar-refractivity contribution in [2.45, 2.75) is 6.54 Å². The van der Waals surface area contributed by atoms with E-state index in [9.17, 15) is 19.7 Å². The van der Waals surface area contributed by atoms with Crippen LogP contribution in [0, 0.1) is 10.1 Å². The lowest BCUT2D eigenvalue weighted by atomic mass is 10.1. The number of carboxylic acids is 1. The quantitative estimate of drug-likeness (QED) is 0.564. The van der Waals surface area contributed by atoms with E-state index in [-0.39, 0.29) is 23.4 Å². The number of hydrogen-bond donors (Lipinski definition) is 2. The Bertz CT molecular complexity index is 938. The summed E-state index contributed by atoms with van der Waals surface area (Å²) in [6.07, 6.45) is 0. The average Bonchev–Trinajstić information content (AvgIpc) is 2.72. The van der Waals surface area contributed by atoms with E-state index >= 15 is 0 Å². The van der Waals surface area contributed by atoms with E-state index in [2.05, 4.69) is 10.2 Å². The van der Waals surface area contributed by atoms with Gasteiger partial charge in [0.15, 0.2) is 0 Å². The molecule has 152 valence electrons. The Kier molecular flexibility index (Phi) is 6.08. The second kappa shape index (κ2) is 8.70. The molecule has 1 saturated heterocycles. The number of aromatic carboxylic acids is 1. The maximum atomic E-state index is 12.5. The van der Waals surface area contributed by atoms with Crippen LogP contribution in [0.1, 0.15) is 26.3 Å². The number of nitro groups is 1. The molecule has 2 N–H and O–H groups in total. The molecule has 9 heteroatoms. The number of nitrogens with one attached hydrogen (secondary N) is 1. The van der Waals surface area contributed by atoms with Crippen LogP contribution in [0.3, 0.4) is 0 Å². The van der Waals surface area contributed by atoms with Crippen LogP contribution in [0.4, 0.5) is 11.4 Å². The maximum Gasteiger partial charge on any atom is 0.335 e. The molecule has 0 spiro atoms. The lowest BCUT2D eigenvalue weighted by molar-refractivity contribution is -0.384. The second-order valence-corrected chi connectivity index (χ2v) is 6.94. The Balaban J connectivity index is 1.74. The van der Waals surface area contributed by atoms with Gasteiger partial charge in [-0.3, -0.25) is 14.9 Å². The smallest absolute Gasteiger partial charge is 0.335 e. The molecular weight excluding hydrogens is 376 g/mol. The number of nitro benzene ring substituents is 1. The minimum absolute atomic E-state index is 0.102. The molecule has 2 aromatic rings. The number of hydrogen-bond acceptors (Lipinski definition) is 6. The Labute approximate surface area is 167 Å². The minimum Gasteiger partial charge on any atom is -0.478 e. The van der Waals surface area contributed by atoms with E-state index in [0.717, 1.165) is 13.1 Å². The molecule has 1 heterocycles. The summed E-state index contributed by atoms with van der Waals surface area (Å²) in [7, 11) is 2.01. The van der Waals surface area contributed by atoms with Crippen LogP contribution in [0.2, 0.25) is 0 Å². The van der Waals surface area contributed by atoms with E-state index in [0.29, 0.717) is 24.3 Å². The van der Waals surface area contributed by atoms with Gasteiger partial charge in [-0.25, -0.2) is 4.79 Å². The summed E-state index contributed by atoms with van der Waals surface area (Å²) in [5.41, 5.74) is 1.35. The molecule has 3 rings (SSSR count). The van der Waals surface area contributed by atoms with Gasteiger partial charge in [0, 0.05) is 44.4 Å². The van der Waals surface area contributed by atoms with Gasteiger partial charge in [-0.2, -0.15) is 0 Å². The number of carbonyl (C=O) groups is 2. The molecule has 9 nitrogen and oxygen atoms in total. The molecule has 0 unspecified atom stereocenters. The van der Waals surface area contributed by atoms with Crippen LogP contribution < -0.4 is 10.2 Å². The highest BCUT2D eigenvalue weighted by Gasteiger charge is 2.24. The van der Waals surface area contributed by atoms with Gasteiger partial charge in [0.25, 0.3) is 11.6 Å². The molecule has 1 amide bonds. The normalized spacial score (nSPS) is 14.4. The van der Waals surface area contributed by atoms with Crippen LogP contribution in [0.5, 0.6) is 0 Å². The molecule has 1 fully saturated rings. The number of carboxylic acid groups (broad SMARTS) is 1. The van der Waals surface area contributed by atoms with Crippen LogP contribution >= 0.6 is 0 Å². The fraction of sp³-hybridized carbons (Fsp3) is 0.300. The van der Waals surface area contributed by atoms with Crippen LogP contribution in [0.25, 0.3) is 0 Å². The summed E-state index contributed by atoms with van der Waals surface area (Å²) < 4.78 is 0. The van der Waals surface area contributed by atoms with Crippen molar-refractivity contribution < 1.29 is 19.6 Å². The highest BCUT2D eigenvalue weighted by Crippen LogP contribution is 2.30. The number of nitrogens with zero attached hydrogens (tertiary/aromatic N) is 3. The summed E-state index contributed by atoms with van der Waals surface area (Å²) in [5.74, 6) is -1.51. The second-order valence-electron chi connectivity index (χ2n) is 6.94. The molecular formula is C20H22N4O5. The summed E-state index contributed by atoms with van der Waals surface area (Å²) in [6, 6.07) is 10.7. The van der Waals surface area contributed by atoms with E-state index in [1.807, 2.05) is 11.9 Å². The number of anilines is 1. The Morgan fingerprint density at radius 3 is 2.48 bits per heavy atom. The number of rotatable bonds is 6. The van der Waals surface area contributed by atoms with Crippen LogP contribution in [-0.4, -0.2) is 60.0 Å². The Morgan fingerprint density at radius 2 is 1.83 bits per heavy atom. The fourth-order valence-electron chi connectivity index (χ4n) is 3.22. The standard InChI is InChI=1S/C20H22N4O5/c1-22-7-9-23(10-8-22)17-6-5-15(12-18(17)24(28)29)19(25)21-13-14-3-2-4-16(11-14)20(26)27/h2-6,11-12H,7-10,13H2,1H3,(H,21,25)(H,26,27). The van der Waals surface area contributed by atoms with Crippen molar-refractivity contribution in [3.8, 4) is 0 Å². The molecule has 0 atom stereocenters. The topological polar surface area (TPSA) is 116 Å². The number of carbonyl (C=O) groups excluding carboxylic acids is 1. The summed E-state index contributed by atoms with van der Waals surface area (Å²) in [4.78, 5) is 38.7. The zero-order valence-electron chi connectivity index (χ0n) is 16.0. The molecule has 2 aromatic carbocycles. The van der Waals surface area contributed by atoms with Gasteiger partial charge in [0.1, 0.15) is 5.69 Å². The van der Waals surface area contributed by atoms with E-state index in [4.69, 9.17) is 5.11 Å². The van der Waals surface area contributed by atoms with Crippen LogP contribution in [-0.2, 0) is 6.54 Å². The highest BCUT2D eigenvalue weighted by atomic mass is 16.6. The predicted molar refractivity (Wildman–Crippen MR) is 107 cm³/mol. The van der Waals surface area contributed by atoms with E-state index in [1.54, 1.807) is 24.3 Å². The predicted octanol–water partition coefficient (Wildman–Crippen LogP) is 1.97. The first kappa shape index (κ1) is 20.3. The number of likely N-dealkylation sites (N-methyl/N-ethyl adjacent to an activating group) is 1. The van der Waals surface area contributed by atoms with Gasteiger partial charge >= 0.3 is 5.97 Å². The largest absolute Gasteiger partial charge is 0.478 e. The van der Waals surface area contributed by atoms with Gasteiger partial charge < -0.3 is 20.2 Å². The molecule has 0 aromatic heterocycles. The van der Waals surface area contributed by atoms with Crippen molar-refractivity contribution in [2.24, 2.45) is 0 Å². The molecule has 0 aliphatic carbocycles. The number of amides is 1. The Morgan fingerprint density at radius 1 is 1.10 bits per heavy atom. The third-order valence-electron chi connectivity index (χ3n) is 4.91. The first-order valence-electron chi connectivity index (χ1n) is 9.17. The lowest BCUT2D eigenvalue weighted by Gasteiger charge is -2.33. The van der Waals surface area contributed by atoms with Gasteiger partial charge in [-0.1, -0.05) is 12.1 Å². The highest BCUT2D eigenvalue weighted by molar-refractivity contribution is 5.95. The molecule has 0 radical (unpaired) electrons. The minimum atomic E-state index is -1.05. The molecule has 29 heavy (non-hydrogen) atoms. The first-order valence-corrected chi connectivity index (χ1v) is 9.17. The van der Waals surface area contributed by atoms with Gasteiger partial charge in [0.05, 0.1) is 10.5 Å². The fourth-order valence-corrected chi connectivity index (χ4v) is 3.22. The van der Waals surface area contributed by atoms with Crippen molar-refractivity contribution >= 4 is 23.3 Å². The molecule has 0 bridgehead atoms. The summed E-state index contributed by atoms with van der Waals surface area (Å²) >= 11 is 0. The molecule has 1 aliphatic heterocycles. The van der Waals surface area contributed by atoms with Crippen molar-refractivity contribution in [3.63, 3.8) is 0 Å². The maximum absolute atomic E-state index is 12.5. The van der Waals surface area contributed by atoms with Crippen LogP contribution in [0.15, 0.2) is 42.5 Å². The summed E-state index contributed by atoms with van der Waals surface area (Å²) in [5, 5.41) is 23.3. The van der Waals surface area contributed by atoms with E-state index in [1.165, 1.54) is 18.2 Å². The zero-order chi connectivity index (χ0) is 21.0. The van der Waals surface area contributed by atoms with Crippen molar-refractivity contribution in [2.75, 3.05) is 38.1 Å². The third kappa shape index (κ3) is 4.88. The number of piperazine rings is 1. The monoisotopic (exact) mass is 398 g/mol. The van der Waals surface area contributed by atoms with Gasteiger partial charge in [-0.15, -0.1) is 0 Å². The molecule has 1 aliphatic rings. The number of benzene rings is 2. The average molecular weight is 398 g/mol. The zero-order valence-corrected chi connectivity index (χ0v) is 16.0. The Hall–Kier alpha value is -3.46. The first-order chi connectivity index (χ1) is 13.8. The van der Waals surface area contributed by atoms with Gasteiger partial charge in [-0.05, 0) is 36.9 Å². The van der Waals surface area contributed by atoms with Crippen molar-refractivity contribution in [1.29, 1.82) is 0 Å². The third-order valence-corrected chi connectivity index (χ3v) is 4.91. The van der Waals surface area contributed by atoms with Crippen molar-refractivity contribution in [1.82, 2.24) is 10.2 Å². The van der Waals surface area contributed by atoms with E-state index < -0.39 is 16.8 Å². The summed E-state index contributed by atoms with van der Waals surface area (Å²) in [6.45, 7) is 3.11. The SMILES string of the molecule is CN1CCN(c2ccc(C(=O)NCc3cccc(C(=O)O)c3)cc2[N+](=O)[O-])CC1.